The molecule has 6 heteroatoms. The molecule has 0 aliphatic heterocycles. The van der Waals surface area contributed by atoms with Crippen LogP contribution in [0.2, 0.25) is 0 Å². The average Bonchev–Trinajstić information content (AvgIpc) is 3.44. The van der Waals surface area contributed by atoms with Gasteiger partial charge in [-0.05, 0) is 141 Å². The highest BCUT2D eigenvalue weighted by Crippen LogP contribution is 2.14. The Morgan fingerprint density at radius 1 is 0.269 bits per heavy atom. The van der Waals surface area contributed by atoms with Crippen molar-refractivity contribution in [3.05, 3.63) is 146 Å². The lowest BCUT2D eigenvalue weighted by Gasteiger charge is -2.18. The minimum atomic E-state index is -0.799. The molecule has 0 aliphatic carbocycles. The van der Waals surface area contributed by atoms with E-state index in [1.165, 1.54) is 64.2 Å². The van der Waals surface area contributed by atoms with Gasteiger partial charge in [0.1, 0.15) is 13.2 Å². The third kappa shape index (κ3) is 62.1. The van der Waals surface area contributed by atoms with Gasteiger partial charge < -0.3 is 14.2 Å². The lowest BCUT2D eigenvalue weighted by atomic mass is 10.1. The molecule has 0 aromatic rings. The van der Waals surface area contributed by atoms with Crippen molar-refractivity contribution in [2.24, 2.45) is 0 Å². The molecule has 0 amide bonds. The highest BCUT2D eigenvalue weighted by Gasteiger charge is 2.19. The van der Waals surface area contributed by atoms with Crippen molar-refractivity contribution in [2.75, 3.05) is 13.2 Å². The van der Waals surface area contributed by atoms with Gasteiger partial charge in [0.25, 0.3) is 0 Å². The Morgan fingerprint density at radius 3 is 0.846 bits per heavy atom. The smallest absolute Gasteiger partial charge is 0.306 e. The largest absolute Gasteiger partial charge is 0.462 e. The van der Waals surface area contributed by atoms with Crippen LogP contribution in [0.25, 0.3) is 0 Å². The SMILES string of the molecule is CC/C=C\C/C=C\C/C=C\C/C=C\C/C=C\C/C=C\C/C=C\C/C=C\C/C=C\CCCCCCCC(=O)OCC(COC(=O)CCCCCCC/C=C\CCC)OC(=O)CCCCCCCCC/C=C\C/C=C\CCCCC. The average molecular weight is 1080 g/mol. The number of carbonyl (C=O) groups is 3. The van der Waals surface area contributed by atoms with Gasteiger partial charge >= 0.3 is 17.9 Å². The first kappa shape index (κ1) is 73.3. The normalized spacial score (nSPS) is 13.1. The molecular formula is C72H116O6. The van der Waals surface area contributed by atoms with E-state index in [9.17, 15) is 14.4 Å². The summed E-state index contributed by atoms with van der Waals surface area (Å²) in [7, 11) is 0. The second-order valence-corrected chi connectivity index (χ2v) is 20.6. The topological polar surface area (TPSA) is 78.9 Å². The fraction of sp³-hybridized carbons (Fsp3) is 0.625. The van der Waals surface area contributed by atoms with E-state index in [1.54, 1.807) is 0 Å². The molecule has 0 aliphatic rings. The molecule has 78 heavy (non-hydrogen) atoms. The summed E-state index contributed by atoms with van der Waals surface area (Å²) in [5.41, 5.74) is 0. The van der Waals surface area contributed by atoms with Crippen LogP contribution in [-0.2, 0) is 28.6 Å². The zero-order chi connectivity index (χ0) is 56.4. The number of allylic oxidation sites excluding steroid dienone is 24. The molecule has 0 rings (SSSR count). The van der Waals surface area contributed by atoms with Crippen molar-refractivity contribution in [1.82, 2.24) is 0 Å². The Balaban J connectivity index is 4.30. The van der Waals surface area contributed by atoms with Crippen molar-refractivity contribution in [3.8, 4) is 0 Å². The fourth-order valence-electron chi connectivity index (χ4n) is 8.29. The Labute approximate surface area is 480 Å². The standard InChI is InChI=1S/C72H116O6/c1-4-7-10-13-16-19-22-24-26-28-29-30-31-32-33-34-35-36-37-38-39-40-41-42-43-45-46-48-50-53-56-59-62-65-71(74)77-68-69(67-76-70(73)64-61-58-55-52-21-18-15-12-9-6-3)78-72(75)66-63-60-57-54-51-49-47-44-27-25-23-20-17-14-11-8-5-2/h7,10,12,15-17,19-20,24-27,29-30,32-33,35-36,38-39,41-42,45-46,69H,4-6,8-9,11,13-14,18,21-23,28,31,34,37,40,43-44,47-68H2,1-3H3/b10-7-,15-12-,19-16-,20-17-,26-24-,27-25-,30-29-,33-32-,36-35-,39-38-,42-41-,46-45-. The van der Waals surface area contributed by atoms with Crippen LogP contribution in [0.4, 0.5) is 0 Å². The number of carbonyl (C=O) groups excluding carboxylic acids is 3. The summed E-state index contributed by atoms with van der Waals surface area (Å²) in [6.45, 7) is 6.40. The summed E-state index contributed by atoms with van der Waals surface area (Å²) in [5.74, 6) is -0.936. The molecule has 6 nitrogen and oxygen atoms in total. The van der Waals surface area contributed by atoms with E-state index in [4.69, 9.17) is 14.2 Å². The summed E-state index contributed by atoms with van der Waals surface area (Å²) >= 11 is 0. The van der Waals surface area contributed by atoms with Crippen molar-refractivity contribution in [1.29, 1.82) is 0 Å². The van der Waals surface area contributed by atoms with E-state index in [0.29, 0.717) is 19.3 Å². The van der Waals surface area contributed by atoms with E-state index in [2.05, 4.69) is 167 Å². The van der Waals surface area contributed by atoms with Crippen molar-refractivity contribution >= 4 is 17.9 Å². The van der Waals surface area contributed by atoms with Gasteiger partial charge in [0.05, 0.1) is 0 Å². The third-order valence-electron chi connectivity index (χ3n) is 13.0. The number of esters is 3. The number of rotatable bonds is 56. The van der Waals surface area contributed by atoms with E-state index < -0.39 is 6.10 Å². The first-order chi connectivity index (χ1) is 38.5. The molecule has 0 aromatic carbocycles. The summed E-state index contributed by atoms with van der Waals surface area (Å²) in [4.78, 5) is 38.2. The van der Waals surface area contributed by atoms with E-state index in [0.717, 1.165) is 167 Å². The van der Waals surface area contributed by atoms with Gasteiger partial charge in [-0.25, -0.2) is 0 Å². The zero-order valence-corrected chi connectivity index (χ0v) is 50.4. The first-order valence-electron chi connectivity index (χ1n) is 31.8. The third-order valence-corrected chi connectivity index (χ3v) is 13.0. The van der Waals surface area contributed by atoms with Crippen LogP contribution in [-0.4, -0.2) is 37.2 Å². The Hall–Kier alpha value is -4.71. The van der Waals surface area contributed by atoms with Gasteiger partial charge in [0.2, 0.25) is 0 Å². The van der Waals surface area contributed by atoms with Crippen LogP contribution in [0.5, 0.6) is 0 Å². The molecule has 440 valence electrons. The second kappa shape index (κ2) is 64.8. The van der Waals surface area contributed by atoms with Crippen molar-refractivity contribution in [2.45, 2.75) is 277 Å². The molecule has 0 saturated heterocycles. The van der Waals surface area contributed by atoms with Gasteiger partial charge in [-0.2, -0.15) is 0 Å². The van der Waals surface area contributed by atoms with Crippen molar-refractivity contribution in [3.63, 3.8) is 0 Å². The monoisotopic (exact) mass is 1080 g/mol. The van der Waals surface area contributed by atoms with Gasteiger partial charge in [-0.15, -0.1) is 0 Å². The molecule has 0 N–H and O–H groups in total. The second-order valence-electron chi connectivity index (χ2n) is 20.6. The molecule has 0 radical (unpaired) electrons. The lowest BCUT2D eigenvalue weighted by Crippen LogP contribution is -2.30. The molecular weight excluding hydrogens is 961 g/mol. The van der Waals surface area contributed by atoms with Gasteiger partial charge in [-0.3, -0.25) is 14.4 Å². The lowest BCUT2D eigenvalue weighted by molar-refractivity contribution is -0.167. The van der Waals surface area contributed by atoms with Crippen LogP contribution in [0.15, 0.2) is 146 Å². The molecule has 0 aromatic heterocycles. The molecule has 0 spiro atoms. The van der Waals surface area contributed by atoms with Crippen LogP contribution >= 0.6 is 0 Å². The van der Waals surface area contributed by atoms with E-state index in [-0.39, 0.29) is 31.1 Å². The summed E-state index contributed by atoms with van der Waals surface area (Å²) in [6.07, 6.45) is 92.9. The number of unbranched alkanes of at least 4 members (excludes halogenated alkanes) is 21. The predicted octanol–water partition coefficient (Wildman–Crippen LogP) is 21.9. The molecule has 0 heterocycles. The van der Waals surface area contributed by atoms with Crippen LogP contribution in [0.3, 0.4) is 0 Å². The highest BCUT2D eigenvalue weighted by atomic mass is 16.6. The summed E-state index contributed by atoms with van der Waals surface area (Å²) in [6, 6.07) is 0. The number of hydrogen-bond donors (Lipinski definition) is 0. The summed E-state index contributed by atoms with van der Waals surface area (Å²) in [5, 5.41) is 0. The molecule has 1 atom stereocenters. The quantitative estimate of drug-likeness (QED) is 0.0261. The molecule has 1 unspecified atom stereocenters. The van der Waals surface area contributed by atoms with Crippen LogP contribution in [0.1, 0.15) is 271 Å². The molecule has 0 saturated carbocycles. The minimum Gasteiger partial charge on any atom is -0.462 e. The number of ether oxygens (including phenoxy) is 3. The van der Waals surface area contributed by atoms with Gasteiger partial charge in [0.15, 0.2) is 6.10 Å². The Kier molecular flexibility index (Phi) is 60.9. The Morgan fingerprint density at radius 2 is 0.526 bits per heavy atom. The number of hydrogen-bond acceptors (Lipinski definition) is 6. The maximum absolute atomic E-state index is 12.9. The van der Waals surface area contributed by atoms with Gasteiger partial charge in [0, 0.05) is 19.3 Å². The fourth-order valence-corrected chi connectivity index (χ4v) is 8.29. The van der Waals surface area contributed by atoms with Crippen LogP contribution in [0, 0.1) is 0 Å². The first-order valence-corrected chi connectivity index (χ1v) is 31.8. The highest BCUT2D eigenvalue weighted by molar-refractivity contribution is 5.71. The maximum atomic E-state index is 12.9. The van der Waals surface area contributed by atoms with E-state index >= 15 is 0 Å². The maximum Gasteiger partial charge on any atom is 0.306 e. The van der Waals surface area contributed by atoms with Crippen LogP contribution < -0.4 is 0 Å². The molecule has 0 fully saturated rings. The van der Waals surface area contributed by atoms with Gasteiger partial charge in [-0.1, -0.05) is 256 Å². The molecule has 0 bridgehead atoms. The Bertz CT molecular complexity index is 1710. The zero-order valence-electron chi connectivity index (χ0n) is 50.4. The summed E-state index contributed by atoms with van der Waals surface area (Å²) < 4.78 is 16.8. The van der Waals surface area contributed by atoms with E-state index in [1.807, 2.05) is 0 Å². The van der Waals surface area contributed by atoms with Crippen molar-refractivity contribution < 1.29 is 28.6 Å². The predicted molar refractivity (Wildman–Crippen MR) is 339 cm³/mol. The minimum absolute atomic E-state index is 0.0960.